The molecule has 0 aliphatic carbocycles. The van der Waals surface area contributed by atoms with Crippen LogP contribution in [0.2, 0.25) is 0 Å². The maximum atomic E-state index is 12.9. The molecule has 1 rings (SSSR count). The van der Waals surface area contributed by atoms with Crippen molar-refractivity contribution < 1.29 is 56.2 Å². The number of hydrogen-bond acceptors (Lipinski definition) is 11. The second kappa shape index (κ2) is 43.3. The van der Waals surface area contributed by atoms with E-state index in [9.17, 15) is 33.1 Å². The van der Waals surface area contributed by atoms with Gasteiger partial charge in [-0.05, 0) is 96.3 Å². The number of rotatable bonds is 42. The first-order valence-electron chi connectivity index (χ1n) is 25.0. The zero-order chi connectivity index (χ0) is 48.2. The maximum absolute atomic E-state index is 12.9. The van der Waals surface area contributed by atoms with Crippen LogP contribution < -0.4 is 0 Å². The first kappa shape index (κ1) is 61.0. The van der Waals surface area contributed by atoms with Crippen molar-refractivity contribution in [3.05, 3.63) is 97.2 Å². The van der Waals surface area contributed by atoms with Crippen molar-refractivity contribution in [3.8, 4) is 0 Å². The number of carbonyl (C=O) groups is 1. The second-order valence-electron chi connectivity index (χ2n) is 16.7. The van der Waals surface area contributed by atoms with E-state index in [1.807, 2.05) is 0 Å². The highest BCUT2D eigenvalue weighted by Crippen LogP contribution is 2.26. The Morgan fingerprint density at radius 3 is 1.53 bits per heavy atom. The predicted molar refractivity (Wildman–Crippen MR) is 266 cm³/mol. The van der Waals surface area contributed by atoms with Crippen LogP contribution in [0.15, 0.2) is 97.2 Å². The number of allylic oxidation sites excluding steroid dienone is 16. The molecule has 66 heavy (non-hydrogen) atoms. The number of aliphatic hydroxyl groups excluding tert-OH is 3. The summed E-state index contributed by atoms with van der Waals surface area (Å²) in [6.45, 7) is 3.78. The summed E-state index contributed by atoms with van der Waals surface area (Å²) in [5.74, 6) is -0.431. The van der Waals surface area contributed by atoms with Crippen molar-refractivity contribution in [2.24, 2.45) is 0 Å². The average molecular weight is 949 g/mol. The summed E-state index contributed by atoms with van der Waals surface area (Å²) in [6.07, 6.45) is 50.0. The lowest BCUT2D eigenvalue weighted by molar-refractivity contribution is -0.301. The zero-order valence-electron chi connectivity index (χ0n) is 40.5. The van der Waals surface area contributed by atoms with Gasteiger partial charge in [0.15, 0.2) is 6.29 Å². The van der Waals surface area contributed by atoms with Gasteiger partial charge < -0.3 is 34.3 Å². The fourth-order valence-electron chi connectivity index (χ4n) is 6.94. The van der Waals surface area contributed by atoms with Crippen molar-refractivity contribution in [1.82, 2.24) is 0 Å². The largest absolute Gasteiger partial charge is 0.457 e. The van der Waals surface area contributed by atoms with Gasteiger partial charge in [0.1, 0.15) is 30.5 Å². The molecular weight excluding hydrogens is 861 g/mol. The Morgan fingerprint density at radius 2 is 1.05 bits per heavy atom. The first-order valence-corrected chi connectivity index (χ1v) is 26.4. The van der Waals surface area contributed by atoms with Crippen LogP contribution in [0, 0.1) is 0 Å². The van der Waals surface area contributed by atoms with Crippen molar-refractivity contribution in [2.45, 2.75) is 205 Å². The first-order chi connectivity index (χ1) is 32.1. The van der Waals surface area contributed by atoms with Crippen molar-refractivity contribution in [3.63, 3.8) is 0 Å². The van der Waals surface area contributed by atoms with Gasteiger partial charge in [-0.15, -0.1) is 0 Å². The van der Waals surface area contributed by atoms with Crippen LogP contribution in [0.1, 0.15) is 168 Å². The maximum Gasteiger partial charge on any atom is 0.397 e. The molecule has 1 saturated heterocycles. The average Bonchev–Trinajstić information content (AvgIpc) is 3.29. The summed E-state index contributed by atoms with van der Waals surface area (Å²) >= 11 is 0. The Bertz CT molecular complexity index is 1520. The zero-order valence-corrected chi connectivity index (χ0v) is 41.3. The Hall–Kier alpha value is -2.98. The van der Waals surface area contributed by atoms with Crippen LogP contribution in [-0.2, 0) is 38.3 Å². The highest BCUT2D eigenvalue weighted by Gasteiger charge is 2.48. The molecular formula is C53H88O12S. The van der Waals surface area contributed by atoms with E-state index in [2.05, 4.69) is 115 Å². The number of esters is 1. The molecule has 1 fully saturated rings. The molecule has 0 bridgehead atoms. The third-order valence-electron chi connectivity index (χ3n) is 10.7. The van der Waals surface area contributed by atoms with E-state index in [0.29, 0.717) is 13.0 Å². The van der Waals surface area contributed by atoms with Crippen LogP contribution in [0.25, 0.3) is 0 Å². The number of aliphatic hydroxyl groups is 3. The normalized spacial score (nSPS) is 20.4. The minimum Gasteiger partial charge on any atom is -0.457 e. The molecule has 13 heteroatoms. The fraction of sp³-hybridized carbons (Fsp3) is 0.679. The Kier molecular flexibility index (Phi) is 40.1. The molecule has 0 saturated carbocycles. The van der Waals surface area contributed by atoms with Gasteiger partial charge in [-0.25, -0.2) is 4.18 Å². The van der Waals surface area contributed by atoms with Gasteiger partial charge >= 0.3 is 16.4 Å². The van der Waals surface area contributed by atoms with E-state index in [0.717, 1.165) is 103 Å². The molecule has 4 N–H and O–H groups in total. The van der Waals surface area contributed by atoms with Gasteiger partial charge in [-0.1, -0.05) is 162 Å². The van der Waals surface area contributed by atoms with Crippen LogP contribution >= 0.6 is 0 Å². The van der Waals surface area contributed by atoms with E-state index in [4.69, 9.17) is 18.9 Å². The van der Waals surface area contributed by atoms with Crippen molar-refractivity contribution in [1.29, 1.82) is 0 Å². The molecule has 12 nitrogen and oxygen atoms in total. The SMILES string of the molecule is CC/C=C\C/C=C\C/C=C\C/C=C\C/C=C\C/C=C\CCCCCCC(=O)OC(COCCCCCCCC/C=C\C/C=C\CCCCC)COC1OC(CO)C(O)C(OS(=O)(=O)O)C1O. The number of ether oxygens (including phenoxy) is 4. The van der Waals surface area contributed by atoms with E-state index in [1.165, 1.54) is 38.5 Å². The molecule has 0 spiro atoms. The lowest BCUT2D eigenvalue weighted by Gasteiger charge is -2.41. The van der Waals surface area contributed by atoms with Gasteiger partial charge in [0.05, 0.1) is 19.8 Å². The van der Waals surface area contributed by atoms with Crippen LogP contribution in [0.5, 0.6) is 0 Å². The smallest absolute Gasteiger partial charge is 0.397 e. The van der Waals surface area contributed by atoms with Crippen molar-refractivity contribution >= 4 is 16.4 Å². The van der Waals surface area contributed by atoms with E-state index >= 15 is 0 Å². The minimum atomic E-state index is -5.08. The van der Waals surface area contributed by atoms with E-state index < -0.39 is 59.8 Å². The summed E-state index contributed by atoms with van der Waals surface area (Å²) in [6, 6.07) is 0. The molecule has 1 aliphatic rings. The third-order valence-corrected chi connectivity index (χ3v) is 11.2. The number of carbonyl (C=O) groups excluding carboxylic acids is 1. The second-order valence-corrected chi connectivity index (χ2v) is 17.7. The van der Waals surface area contributed by atoms with E-state index in [-0.39, 0.29) is 19.6 Å². The predicted octanol–water partition coefficient (Wildman–Crippen LogP) is 11.4. The molecule has 0 radical (unpaired) electrons. The molecule has 0 aromatic carbocycles. The fourth-order valence-corrected chi connectivity index (χ4v) is 7.45. The summed E-state index contributed by atoms with van der Waals surface area (Å²) in [4.78, 5) is 12.9. The molecule has 1 aliphatic heterocycles. The van der Waals surface area contributed by atoms with Crippen LogP contribution in [0.4, 0.5) is 0 Å². The third kappa shape index (κ3) is 36.1. The highest BCUT2D eigenvalue weighted by molar-refractivity contribution is 7.80. The Balaban J connectivity index is 2.42. The van der Waals surface area contributed by atoms with E-state index in [1.54, 1.807) is 0 Å². The van der Waals surface area contributed by atoms with Crippen LogP contribution in [-0.4, -0.2) is 97.5 Å². The molecule has 6 unspecified atom stereocenters. The summed E-state index contributed by atoms with van der Waals surface area (Å²) in [5.41, 5.74) is 0. The number of hydrogen-bond donors (Lipinski definition) is 4. The quantitative estimate of drug-likeness (QED) is 0.0197. The number of unbranched alkanes of at least 4 members (excludes halogenated alkanes) is 13. The van der Waals surface area contributed by atoms with Gasteiger partial charge in [0, 0.05) is 13.0 Å². The van der Waals surface area contributed by atoms with Gasteiger partial charge in [-0.2, -0.15) is 8.42 Å². The topological polar surface area (TPSA) is 178 Å². The molecule has 378 valence electrons. The monoisotopic (exact) mass is 949 g/mol. The Morgan fingerprint density at radius 1 is 0.591 bits per heavy atom. The summed E-state index contributed by atoms with van der Waals surface area (Å²) in [7, 11) is -5.08. The molecule has 0 amide bonds. The molecule has 0 aromatic heterocycles. The summed E-state index contributed by atoms with van der Waals surface area (Å²) in [5, 5.41) is 30.7. The minimum absolute atomic E-state index is 0.0117. The van der Waals surface area contributed by atoms with Crippen LogP contribution in [0.3, 0.4) is 0 Å². The van der Waals surface area contributed by atoms with Gasteiger partial charge in [0.2, 0.25) is 0 Å². The highest BCUT2D eigenvalue weighted by atomic mass is 32.3. The molecule has 6 atom stereocenters. The molecule has 0 aromatic rings. The summed E-state index contributed by atoms with van der Waals surface area (Å²) < 4.78 is 59.2. The lowest BCUT2D eigenvalue weighted by Crippen LogP contribution is -2.60. The van der Waals surface area contributed by atoms with Gasteiger partial charge in [0.25, 0.3) is 0 Å². The van der Waals surface area contributed by atoms with Gasteiger partial charge in [-0.3, -0.25) is 9.35 Å². The molecule has 1 heterocycles. The Labute approximate surface area is 399 Å². The standard InChI is InChI=1S/C53H88O12S/c1-3-5-7-9-11-13-15-17-19-21-22-23-24-25-26-27-28-30-32-34-36-38-40-42-49(55)63-47(46-62-53-51(57)52(65-66(58,59)60)50(56)48(44-54)64-53)45-61-43-41-39-37-35-33-31-29-20-18-16-14-12-10-8-6-4-2/h5,7,11-14,17-20,22-23,25-26,28,30,47-48,50-54,56-57H,3-4,6,8-10,15-16,21,24,27,29,31-46H2,1-2H3,(H,58,59,60)/b7-5-,13-11-,14-12-,19-17-,20-18-,23-22-,26-25-,30-28-. The lowest BCUT2D eigenvalue weighted by atomic mass is 9.99. The van der Waals surface area contributed by atoms with Crippen molar-refractivity contribution in [2.75, 3.05) is 26.4 Å².